The second-order valence-corrected chi connectivity index (χ2v) is 18.4. The lowest BCUT2D eigenvalue weighted by atomic mass is 9.33. The van der Waals surface area contributed by atoms with E-state index in [0.29, 0.717) is 11.8 Å². The van der Waals surface area contributed by atoms with E-state index in [1.807, 2.05) is 0 Å². The zero-order valence-electron chi connectivity index (χ0n) is 28.5. The molecule has 0 aromatic heterocycles. The topological polar surface area (TPSA) is 127 Å². The minimum absolute atomic E-state index is 0.0331. The standard InChI is InChI=1S/C37H60O7/c1-20-26(38)28(40)29(41)30(44-20)27(39)22-11-13-34(6)24(33(22,4)5)12-14-36(8)25(34)10-9-21-23-19-32(2,3)15-17-37(23,31(42)43)18-16-35(21,36)7/h9,20,22-30,38-41H,10-19H2,1-8H3,(H,42,43)/t20?,22-,23?,24?,25?,26-,27-,28+,29?,30+,34+,35-,36-,37+/m1/s1. The molecule has 44 heavy (non-hydrogen) atoms. The minimum Gasteiger partial charge on any atom is -0.481 e. The normalized spacial score (nSPS) is 53.6. The van der Waals surface area contributed by atoms with Crippen molar-refractivity contribution in [3.8, 4) is 0 Å². The summed E-state index contributed by atoms with van der Waals surface area (Å²) in [6.07, 6.45) is 5.37. The molecule has 0 spiro atoms. The number of aliphatic hydroxyl groups is 4. The fourth-order valence-corrected chi connectivity index (χ4v) is 12.9. The van der Waals surface area contributed by atoms with E-state index in [9.17, 15) is 30.3 Å². The molecular weight excluding hydrogens is 556 g/mol. The number of carboxylic acid groups (broad SMARTS) is 1. The molecule has 0 aromatic carbocycles. The van der Waals surface area contributed by atoms with Gasteiger partial charge in [0.15, 0.2) is 0 Å². The fraction of sp³-hybridized carbons (Fsp3) is 0.919. The molecule has 4 saturated carbocycles. The molecule has 0 amide bonds. The Kier molecular flexibility index (Phi) is 7.67. The third kappa shape index (κ3) is 4.27. The Morgan fingerprint density at radius 1 is 0.864 bits per heavy atom. The smallest absolute Gasteiger partial charge is 0.310 e. The highest BCUT2D eigenvalue weighted by Crippen LogP contribution is 2.76. The number of allylic oxidation sites excluding steroid dienone is 2. The van der Waals surface area contributed by atoms with Crippen LogP contribution in [0.4, 0.5) is 0 Å². The average Bonchev–Trinajstić information content (AvgIpc) is 2.93. The van der Waals surface area contributed by atoms with Gasteiger partial charge in [0, 0.05) is 0 Å². The van der Waals surface area contributed by atoms with Crippen LogP contribution in [0.15, 0.2) is 11.6 Å². The van der Waals surface area contributed by atoms with Crippen LogP contribution in [0, 0.1) is 56.2 Å². The van der Waals surface area contributed by atoms with Gasteiger partial charge in [-0.05, 0) is 122 Å². The summed E-state index contributed by atoms with van der Waals surface area (Å²) in [4.78, 5) is 12.9. The molecular formula is C37H60O7. The fourth-order valence-electron chi connectivity index (χ4n) is 12.9. The van der Waals surface area contributed by atoms with E-state index < -0.39 is 48.0 Å². The van der Waals surface area contributed by atoms with Crippen LogP contribution in [0.3, 0.4) is 0 Å². The molecule has 1 heterocycles. The van der Waals surface area contributed by atoms with Crippen molar-refractivity contribution in [1.29, 1.82) is 0 Å². The summed E-state index contributed by atoms with van der Waals surface area (Å²) < 4.78 is 5.95. The molecule has 5 aliphatic carbocycles. The molecule has 7 nitrogen and oxygen atoms in total. The Hall–Kier alpha value is -0.990. The molecule has 5 fully saturated rings. The summed E-state index contributed by atoms with van der Waals surface area (Å²) in [5.41, 5.74) is 0.817. The average molecular weight is 617 g/mol. The molecule has 250 valence electrons. The third-order valence-electron chi connectivity index (χ3n) is 15.8. The minimum atomic E-state index is -1.35. The lowest BCUT2D eigenvalue weighted by molar-refractivity contribution is -0.260. The molecule has 5 N–H and O–H groups in total. The van der Waals surface area contributed by atoms with Gasteiger partial charge in [-0.3, -0.25) is 4.79 Å². The predicted octanol–water partition coefficient (Wildman–Crippen LogP) is 5.72. The van der Waals surface area contributed by atoms with E-state index in [1.54, 1.807) is 6.92 Å². The number of hydrogen-bond acceptors (Lipinski definition) is 6. The maximum atomic E-state index is 12.9. The monoisotopic (exact) mass is 616 g/mol. The van der Waals surface area contributed by atoms with Crippen molar-refractivity contribution < 1.29 is 35.1 Å². The summed E-state index contributed by atoms with van der Waals surface area (Å²) in [6, 6.07) is 0. The first-order valence-corrected chi connectivity index (χ1v) is 17.6. The third-order valence-corrected chi connectivity index (χ3v) is 15.8. The summed E-state index contributed by atoms with van der Waals surface area (Å²) in [5, 5.41) is 54.0. The van der Waals surface area contributed by atoms with Crippen molar-refractivity contribution in [2.24, 2.45) is 56.2 Å². The highest BCUT2D eigenvalue weighted by molar-refractivity contribution is 5.76. The molecule has 0 radical (unpaired) electrons. The molecule has 6 rings (SSSR count). The summed E-state index contributed by atoms with van der Waals surface area (Å²) in [7, 11) is 0. The summed E-state index contributed by atoms with van der Waals surface area (Å²) in [6.45, 7) is 18.4. The number of aliphatic carboxylic acids is 1. The number of hydrogen-bond donors (Lipinski definition) is 5. The van der Waals surface area contributed by atoms with E-state index in [-0.39, 0.29) is 38.9 Å². The van der Waals surface area contributed by atoms with E-state index in [1.165, 1.54) is 5.57 Å². The number of rotatable bonds is 3. The zero-order chi connectivity index (χ0) is 32.4. The molecule has 1 aliphatic heterocycles. The van der Waals surface area contributed by atoms with Crippen molar-refractivity contribution >= 4 is 5.97 Å². The Labute approximate surface area is 264 Å². The van der Waals surface area contributed by atoms with E-state index >= 15 is 0 Å². The molecule has 6 aliphatic rings. The van der Waals surface area contributed by atoms with Crippen molar-refractivity contribution in [1.82, 2.24) is 0 Å². The van der Waals surface area contributed by atoms with Gasteiger partial charge in [0.2, 0.25) is 0 Å². The van der Waals surface area contributed by atoms with Crippen LogP contribution in [0.1, 0.15) is 120 Å². The SMILES string of the molecule is CC1O[C@@H]([C@H](O)[C@H]2CC[C@@]3(C)C(CC[C@]4(C)C3CC=C3C5CC(C)(C)CC[C@]5(C(=O)O)CC[C@]34C)C2(C)C)C(O)[C@@H](O)[C@@H]1O. The second-order valence-electron chi connectivity index (χ2n) is 18.4. The molecule has 0 aromatic rings. The molecule has 0 bridgehead atoms. The van der Waals surface area contributed by atoms with Gasteiger partial charge in [0.25, 0.3) is 0 Å². The van der Waals surface area contributed by atoms with Crippen LogP contribution in [-0.4, -0.2) is 68.1 Å². The maximum absolute atomic E-state index is 12.9. The Morgan fingerprint density at radius 3 is 2.18 bits per heavy atom. The molecule has 5 unspecified atom stereocenters. The van der Waals surface area contributed by atoms with Gasteiger partial charge < -0.3 is 30.3 Å². The number of fused-ring (bicyclic) bond motifs is 7. The zero-order valence-corrected chi connectivity index (χ0v) is 28.5. The number of carboxylic acids is 1. The first-order valence-electron chi connectivity index (χ1n) is 17.6. The highest BCUT2D eigenvalue weighted by Gasteiger charge is 2.69. The first kappa shape index (κ1) is 32.9. The first-order chi connectivity index (χ1) is 20.3. The lowest BCUT2D eigenvalue weighted by Crippen LogP contribution is -2.66. The summed E-state index contributed by atoms with van der Waals surface area (Å²) >= 11 is 0. The number of carbonyl (C=O) groups is 1. The maximum Gasteiger partial charge on any atom is 0.310 e. The van der Waals surface area contributed by atoms with Gasteiger partial charge in [0.1, 0.15) is 24.4 Å². The second kappa shape index (κ2) is 10.3. The van der Waals surface area contributed by atoms with E-state index in [2.05, 4.69) is 54.5 Å². The highest BCUT2D eigenvalue weighted by atomic mass is 16.5. The van der Waals surface area contributed by atoms with E-state index in [4.69, 9.17) is 4.74 Å². The van der Waals surface area contributed by atoms with Gasteiger partial charge >= 0.3 is 5.97 Å². The van der Waals surface area contributed by atoms with Crippen LogP contribution < -0.4 is 0 Å². The quantitative estimate of drug-likeness (QED) is 0.257. The van der Waals surface area contributed by atoms with Gasteiger partial charge in [-0.2, -0.15) is 0 Å². The molecule has 7 heteroatoms. The molecule has 14 atom stereocenters. The van der Waals surface area contributed by atoms with Crippen molar-refractivity contribution in [2.45, 2.75) is 156 Å². The Morgan fingerprint density at radius 2 is 1.52 bits per heavy atom. The predicted molar refractivity (Wildman–Crippen MR) is 169 cm³/mol. The van der Waals surface area contributed by atoms with Gasteiger partial charge in [-0.1, -0.05) is 60.1 Å². The lowest BCUT2D eigenvalue weighted by Gasteiger charge is -2.71. The molecule has 1 saturated heterocycles. The van der Waals surface area contributed by atoms with Crippen LogP contribution >= 0.6 is 0 Å². The Bertz CT molecular complexity index is 1190. The largest absolute Gasteiger partial charge is 0.481 e. The summed E-state index contributed by atoms with van der Waals surface area (Å²) in [5.74, 6) is 0.225. The number of ether oxygens (including phenoxy) is 1. The van der Waals surface area contributed by atoms with Crippen LogP contribution in [0.5, 0.6) is 0 Å². The van der Waals surface area contributed by atoms with Gasteiger partial charge in [0.05, 0.1) is 17.6 Å². The van der Waals surface area contributed by atoms with Crippen LogP contribution in [0.2, 0.25) is 0 Å². The van der Waals surface area contributed by atoms with Gasteiger partial charge in [-0.15, -0.1) is 0 Å². The van der Waals surface area contributed by atoms with Crippen molar-refractivity contribution in [2.75, 3.05) is 0 Å². The van der Waals surface area contributed by atoms with Gasteiger partial charge in [-0.25, -0.2) is 0 Å². The number of aliphatic hydroxyl groups excluding tert-OH is 4. The van der Waals surface area contributed by atoms with Crippen LogP contribution in [-0.2, 0) is 9.53 Å². The van der Waals surface area contributed by atoms with E-state index in [0.717, 1.165) is 64.2 Å². The Balaban J connectivity index is 1.32. The van der Waals surface area contributed by atoms with Crippen molar-refractivity contribution in [3.63, 3.8) is 0 Å². The van der Waals surface area contributed by atoms with Crippen LogP contribution in [0.25, 0.3) is 0 Å². The van der Waals surface area contributed by atoms with Crippen molar-refractivity contribution in [3.05, 3.63) is 11.6 Å².